The number of piperidine rings is 1. The van der Waals surface area contributed by atoms with E-state index < -0.39 is 0 Å². The fraction of sp³-hybridized carbons (Fsp3) is 0.647. The molecule has 1 unspecified atom stereocenters. The second kappa shape index (κ2) is 6.48. The van der Waals surface area contributed by atoms with Crippen molar-refractivity contribution in [2.24, 2.45) is 11.1 Å². The Hall–Kier alpha value is -0.540. The van der Waals surface area contributed by atoms with Crippen LogP contribution in [0.5, 0.6) is 0 Å². The minimum atomic E-state index is 0.0755. The molecule has 2 nitrogen and oxygen atoms in total. The van der Waals surface area contributed by atoms with Gasteiger partial charge in [-0.2, -0.15) is 0 Å². The summed E-state index contributed by atoms with van der Waals surface area (Å²) >= 11 is 3.56. The molecular formula is C17H27BrN2. The van der Waals surface area contributed by atoms with Crippen LogP contribution >= 0.6 is 15.9 Å². The van der Waals surface area contributed by atoms with E-state index in [1.807, 2.05) is 0 Å². The van der Waals surface area contributed by atoms with Gasteiger partial charge in [-0.3, -0.25) is 0 Å². The number of nitrogens with two attached hydrogens (primary N) is 1. The fourth-order valence-electron chi connectivity index (χ4n) is 3.36. The zero-order chi connectivity index (χ0) is 14.8. The minimum Gasteiger partial charge on any atom is -0.371 e. The van der Waals surface area contributed by atoms with Crippen molar-refractivity contribution in [3.8, 4) is 0 Å². The van der Waals surface area contributed by atoms with Crippen LogP contribution in [0.2, 0.25) is 0 Å². The van der Waals surface area contributed by atoms with E-state index in [1.54, 1.807) is 0 Å². The molecule has 1 atom stereocenters. The normalized spacial score (nSPS) is 19.9. The van der Waals surface area contributed by atoms with Crippen LogP contribution < -0.4 is 10.6 Å². The van der Waals surface area contributed by atoms with Crippen molar-refractivity contribution in [1.29, 1.82) is 0 Å². The van der Waals surface area contributed by atoms with Gasteiger partial charge in [0, 0.05) is 29.3 Å². The fourth-order valence-corrected chi connectivity index (χ4v) is 3.74. The van der Waals surface area contributed by atoms with Crippen molar-refractivity contribution in [1.82, 2.24) is 0 Å². The van der Waals surface area contributed by atoms with Gasteiger partial charge in [0.05, 0.1) is 0 Å². The van der Waals surface area contributed by atoms with Gasteiger partial charge in [0.1, 0.15) is 0 Å². The van der Waals surface area contributed by atoms with Crippen molar-refractivity contribution in [3.63, 3.8) is 0 Å². The van der Waals surface area contributed by atoms with Crippen LogP contribution in [0.4, 0.5) is 5.69 Å². The molecule has 0 bridgehead atoms. The molecule has 20 heavy (non-hydrogen) atoms. The maximum absolute atomic E-state index is 6.15. The third kappa shape index (κ3) is 3.20. The minimum absolute atomic E-state index is 0.0755. The predicted octanol–water partition coefficient (Wildman–Crippen LogP) is 4.88. The van der Waals surface area contributed by atoms with E-state index in [1.165, 1.54) is 36.9 Å². The summed E-state index contributed by atoms with van der Waals surface area (Å²) < 4.78 is 1.11. The lowest BCUT2D eigenvalue weighted by atomic mass is 9.74. The van der Waals surface area contributed by atoms with E-state index in [0.29, 0.717) is 5.41 Å². The quantitative estimate of drug-likeness (QED) is 0.847. The van der Waals surface area contributed by atoms with Gasteiger partial charge in [0.25, 0.3) is 0 Å². The third-order valence-electron chi connectivity index (χ3n) is 5.14. The Kier molecular flexibility index (Phi) is 5.14. The number of rotatable bonds is 4. The highest BCUT2D eigenvalue weighted by Gasteiger charge is 2.31. The van der Waals surface area contributed by atoms with Gasteiger partial charge >= 0.3 is 0 Å². The van der Waals surface area contributed by atoms with E-state index >= 15 is 0 Å². The second-order valence-electron chi connectivity index (χ2n) is 6.19. The Bertz CT molecular complexity index is 442. The van der Waals surface area contributed by atoms with E-state index in [0.717, 1.165) is 17.6 Å². The predicted molar refractivity (Wildman–Crippen MR) is 91.2 cm³/mol. The highest BCUT2D eigenvalue weighted by molar-refractivity contribution is 9.10. The van der Waals surface area contributed by atoms with Crippen molar-refractivity contribution in [2.75, 3.05) is 18.0 Å². The molecule has 0 amide bonds. The molecule has 1 aromatic carbocycles. The molecule has 2 N–H and O–H groups in total. The first kappa shape index (κ1) is 15.8. The van der Waals surface area contributed by atoms with Crippen molar-refractivity contribution in [2.45, 2.75) is 52.5 Å². The summed E-state index contributed by atoms with van der Waals surface area (Å²) in [5, 5.41) is 0. The molecule has 0 spiro atoms. The maximum atomic E-state index is 6.15. The molecule has 1 aliphatic rings. The van der Waals surface area contributed by atoms with Crippen LogP contribution in [-0.4, -0.2) is 13.1 Å². The van der Waals surface area contributed by atoms with Crippen molar-refractivity contribution < 1.29 is 0 Å². The Morgan fingerprint density at radius 2 is 1.85 bits per heavy atom. The molecule has 0 aliphatic carbocycles. The summed E-state index contributed by atoms with van der Waals surface area (Å²) in [6, 6.07) is 6.59. The van der Waals surface area contributed by atoms with Crippen LogP contribution in [0, 0.1) is 5.41 Å². The summed E-state index contributed by atoms with van der Waals surface area (Å²) in [7, 11) is 0. The van der Waals surface area contributed by atoms with Crippen molar-refractivity contribution in [3.05, 3.63) is 28.2 Å². The molecule has 1 heterocycles. The van der Waals surface area contributed by atoms with Crippen LogP contribution in [0.1, 0.15) is 58.1 Å². The SMILES string of the molecule is CCC1(CC)CCN(c2ccc(Br)cc2C(C)N)CC1. The van der Waals surface area contributed by atoms with Crippen LogP contribution in [0.15, 0.2) is 22.7 Å². The van der Waals surface area contributed by atoms with E-state index in [9.17, 15) is 0 Å². The first-order valence-corrected chi connectivity index (χ1v) is 8.60. The molecule has 1 aromatic rings. The van der Waals surface area contributed by atoms with Crippen LogP contribution in [0.25, 0.3) is 0 Å². The van der Waals surface area contributed by atoms with Gasteiger partial charge in [-0.1, -0.05) is 42.6 Å². The van der Waals surface area contributed by atoms with Gasteiger partial charge in [-0.05, 0) is 48.9 Å². The maximum Gasteiger partial charge on any atom is 0.0415 e. The smallest absolute Gasteiger partial charge is 0.0415 e. The average molecular weight is 339 g/mol. The Labute approximate surface area is 131 Å². The largest absolute Gasteiger partial charge is 0.371 e. The molecular weight excluding hydrogens is 312 g/mol. The summed E-state index contributed by atoms with van der Waals surface area (Å²) in [6.07, 6.45) is 5.21. The Morgan fingerprint density at radius 1 is 1.25 bits per heavy atom. The third-order valence-corrected chi connectivity index (χ3v) is 5.64. The van der Waals surface area contributed by atoms with E-state index in [2.05, 4.69) is 59.8 Å². The number of nitrogens with zero attached hydrogens (tertiary/aromatic N) is 1. The second-order valence-corrected chi connectivity index (χ2v) is 7.10. The van der Waals surface area contributed by atoms with E-state index in [-0.39, 0.29) is 6.04 Å². The number of halogens is 1. The monoisotopic (exact) mass is 338 g/mol. The van der Waals surface area contributed by atoms with Crippen LogP contribution in [0.3, 0.4) is 0 Å². The molecule has 1 aliphatic heterocycles. The molecule has 3 heteroatoms. The zero-order valence-electron chi connectivity index (χ0n) is 13.0. The van der Waals surface area contributed by atoms with Gasteiger partial charge in [-0.25, -0.2) is 0 Å². The summed E-state index contributed by atoms with van der Waals surface area (Å²) in [6.45, 7) is 9.06. The highest BCUT2D eigenvalue weighted by atomic mass is 79.9. The highest BCUT2D eigenvalue weighted by Crippen LogP contribution is 2.40. The van der Waals surface area contributed by atoms with Gasteiger partial charge in [0.2, 0.25) is 0 Å². The summed E-state index contributed by atoms with van der Waals surface area (Å²) in [5.41, 5.74) is 9.29. The van der Waals surface area contributed by atoms with Crippen LogP contribution in [-0.2, 0) is 0 Å². The number of anilines is 1. The number of hydrogen-bond acceptors (Lipinski definition) is 2. The average Bonchev–Trinajstić information content (AvgIpc) is 2.47. The van der Waals surface area contributed by atoms with Gasteiger partial charge in [0.15, 0.2) is 0 Å². The van der Waals surface area contributed by atoms with Gasteiger partial charge in [-0.15, -0.1) is 0 Å². The molecule has 0 radical (unpaired) electrons. The lowest BCUT2D eigenvalue weighted by molar-refractivity contribution is 0.199. The summed E-state index contributed by atoms with van der Waals surface area (Å²) in [4.78, 5) is 2.52. The molecule has 1 fully saturated rings. The topological polar surface area (TPSA) is 29.3 Å². The molecule has 0 saturated carbocycles. The summed E-state index contributed by atoms with van der Waals surface area (Å²) in [5.74, 6) is 0. The molecule has 0 aromatic heterocycles. The Balaban J connectivity index is 2.18. The molecule has 1 saturated heterocycles. The lowest BCUT2D eigenvalue weighted by Crippen LogP contribution is -2.40. The first-order chi connectivity index (χ1) is 9.51. The van der Waals surface area contributed by atoms with Gasteiger partial charge < -0.3 is 10.6 Å². The molecule has 112 valence electrons. The lowest BCUT2D eigenvalue weighted by Gasteiger charge is -2.42. The first-order valence-electron chi connectivity index (χ1n) is 7.81. The number of hydrogen-bond donors (Lipinski definition) is 1. The Morgan fingerprint density at radius 3 is 2.35 bits per heavy atom. The standard InChI is InChI=1S/C17H27BrN2/c1-4-17(5-2)8-10-20(11-9-17)16-7-6-14(18)12-15(16)13(3)19/h6-7,12-13H,4-5,8-11,19H2,1-3H3. The molecule has 2 rings (SSSR count). The zero-order valence-corrected chi connectivity index (χ0v) is 14.5. The van der Waals surface area contributed by atoms with E-state index in [4.69, 9.17) is 5.73 Å². The number of benzene rings is 1. The van der Waals surface area contributed by atoms with Crippen molar-refractivity contribution >= 4 is 21.6 Å².